The minimum absolute atomic E-state index is 0.0103. The zero-order valence-corrected chi connectivity index (χ0v) is 11.5. The second-order valence-electron chi connectivity index (χ2n) is 4.86. The van der Waals surface area contributed by atoms with Crippen molar-refractivity contribution in [3.05, 3.63) is 29.8 Å². The number of aromatic carboxylic acids is 1. The minimum atomic E-state index is -1.02. The number of urea groups is 1. The van der Waals surface area contributed by atoms with Crippen molar-refractivity contribution in [2.75, 3.05) is 19.0 Å². The number of amides is 2. The molecule has 0 bridgehead atoms. The minimum Gasteiger partial charge on any atom is -0.478 e. The molecule has 1 aliphatic heterocycles. The van der Waals surface area contributed by atoms with Crippen molar-refractivity contribution < 1.29 is 19.4 Å². The maximum absolute atomic E-state index is 12.1. The highest BCUT2D eigenvalue weighted by Crippen LogP contribution is 2.19. The summed E-state index contributed by atoms with van der Waals surface area (Å²) in [6.45, 7) is 2.59. The van der Waals surface area contributed by atoms with Crippen molar-refractivity contribution in [1.29, 1.82) is 0 Å². The van der Waals surface area contributed by atoms with E-state index in [0.29, 0.717) is 12.3 Å². The van der Waals surface area contributed by atoms with Crippen LogP contribution in [0.2, 0.25) is 0 Å². The van der Waals surface area contributed by atoms with Gasteiger partial charge in [-0.2, -0.15) is 0 Å². The average molecular weight is 278 g/mol. The van der Waals surface area contributed by atoms with Gasteiger partial charge in [-0.3, -0.25) is 0 Å². The second kappa shape index (κ2) is 5.92. The summed E-state index contributed by atoms with van der Waals surface area (Å²) in [7, 11) is 1.71. The van der Waals surface area contributed by atoms with Crippen LogP contribution >= 0.6 is 0 Å². The lowest BCUT2D eigenvalue weighted by Crippen LogP contribution is -2.43. The van der Waals surface area contributed by atoms with E-state index in [-0.39, 0.29) is 23.7 Å². The Kier molecular flexibility index (Phi) is 4.24. The third kappa shape index (κ3) is 3.08. The van der Waals surface area contributed by atoms with Gasteiger partial charge < -0.3 is 20.1 Å². The SMILES string of the molecule is CC1OCCC1N(C)C(=O)Nc1cccc(C(=O)O)c1. The fraction of sp³-hybridized carbons (Fsp3) is 0.429. The van der Waals surface area contributed by atoms with Crippen molar-refractivity contribution in [3.63, 3.8) is 0 Å². The first-order chi connectivity index (χ1) is 9.49. The van der Waals surface area contributed by atoms with Crippen molar-refractivity contribution in [2.24, 2.45) is 0 Å². The third-order valence-corrected chi connectivity index (χ3v) is 3.51. The number of carboxylic acid groups (broad SMARTS) is 1. The first-order valence-corrected chi connectivity index (χ1v) is 6.48. The largest absolute Gasteiger partial charge is 0.478 e. The van der Waals surface area contributed by atoms with E-state index in [2.05, 4.69) is 5.32 Å². The standard InChI is InChI=1S/C14H18N2O4/c1-9-12(6-7-20-9)16(2)14(19)15-11-5-3-4-10(8-11)13(17)18/h3-5,8-9,12H,6-7H2,1-2H3,(H,15,19)(H,17,18). The maximum Gasteiger partial charge on any atom is 0.335 e. The number of carboxylic acids is 1. The summed E-state index contributed by atoms with van der Waals surface area (Å²) in [4.78, 5) is 24.6. The van der Waals surface area contributed by atoms with E-state index in [0.717, 1.165) is 6.42 Å². The highest BCUT2D eigenvalue weighted by Gasteiger charge is 2.30. The summed E-state index contributed by atoms with van der Waals surface area (Å²) < 4.78 is 5.44. The molecule has 2 unspecified atom stereocenters. The molecule has 1 aromatic rings. The van der Waals surface area contributed by atoms with Gasteiger partial charge in [0.15, 0.2) is 0 Å². The summed E-state index contributed by atoms with van der Waals surface area (Å²) in [5.41, 5.74) is 0.608. The predicted octanol–water partition coefficient (Wildman–Crippen LogP) is 2.03. The summed E-state index contributed by atoms with van der Waals surface area (Å²) >= 11 is 0. The topological polar surface area (TPSA) is 78.9 Å². The zero-order chi connectivity index (χ0) is 14.7. The molecular weight excluding hydrogens is 260 g/mol. The normalized spacial score (nSPS) is 21.5. The number of hydrogen-bond donors (Lipinski definition) is 2. The van der Waals surface area contributed by atoms with E-state index in [9.17, 15) is 9.59 Å². The molecule has 6 heteroatoms. The maximum atomic E-state index is 12.1. The van der Waals surface area contributed by atoms with Crippen LogP contribution in [0.25, 0.3) is 0 Å². The number of anilines is 1. The lowest BCUT2D eigenvalue weighted by Gasteiger charge is -2.26. The first-order valence-electron chi connectivity index (χ1n) is 6.48. The molecule has 108 valence electrons. The third-order valence-electron chi connectivity index (χ3n) is 3.51. The molecule has 1 heterocycles. The highest BCUT2D eigenvalue weighted by atomic mass is 16.5. The van der Waals surface area contributed by atoms with Gasteiger partial charge in [0.05, 0.1) is 17.7 Å². The number of nitrogens with one attached hydrogen (secondary N) is 1. The van der Waals surface area contributed by atoms with Crippen molar-refractivity contribution in [2.45, 2.75) is 25.5 Å². The molecule has 1 aromatic carbocycles. The predicted molar refractivity (Wildman–Crippen MR) is 74.0 cm³/mol. The van der Waals surface area contributed by atoms with Crippen molar-refractivity contribution >= 4 is 17.7 Å². The fourth-order valence-electron chi connectivity index (χ4n) is 2.32. The summed E-state index contributed by atoms with van der Waals surface area (Å²) in [5, 5.41) is 11.6. The number of hydrogen-bond acceptors (Lipinski definition) is 3. The van der Waals surface area contributed by atoms with Gasteiger partial charge in [0.2, 0.25) is 0 Å². The quantitative estimate of drug-likeness (QED) is 0.886. The first kappa shape index (κ1) is 14.3. The van der Waals surface area contributed by atoms with E-state index in [1.165, 1.54) is 12.1 Å². The molecule has 1 aliphatic rings. The summed E-state index contributed by atoms with van der Waals surface area (Å²) in [6.07, 6.45) is 0.816. The van der Waals surface area contributed by atoms with Gasteiger partial charge in [0.25, 0.3) is 0 Å². The molecule has 2 amide bonds. The molecule has 2 rings (SSSR count). The van der Waals surface area contributed by atoms with Gasteiger partial charge in [-0.1, -0.05) is 6.07 Å². The Hall–Kier alpha value is -2.08. The van der Waals surface area contributed by atoms with E-state index in [1.54, 1.807) is 24.1 Å². The van der Waals surface area contributed by atoms with Crippen molar-refractivity contribution in [3.8, 4) is 0 Å². The molecule has 0 aromatic heterocycles. The molecule has 2 atom stereocenters. The van der Waals surface area contributed by atoms with Gasteiger partial charge in [-0.15, -0.1) is 0 Å². The van der Waals surface area contributed by atoms with Crippen LogP contribution in [0, 0.1) is 0 Å². The van der Waals surface area contributed by atoms with Crippen LogP contribution in [-0.4, -0.2) is 47.8 Å². The van der Waals surface area contributed by atoms with Crippen LogP contribution in [0.1, 0.15) is 23.7 Å². The Balaban J connectivity index is 2.04. The number of likely N-dealkylation sites (N-methyl/N-ethyl adjacent to an activating group) is 1. The molecule has 0 aliphatic carbocycles. The summed E-state index contributed by atoms with van der Waals surface area (Å²) in [5.74, 6) is -1.02. The lowest BCUT2D eigenvalue weighted by molar-refractivity contribution is 0.0697. The summed E-state index contributed by atoms with van der Waals surface area (Å²) in [6, 6.07) is 5.94. The Morgan fingerprint density at radius 3 is 2.80 bits per heavy atom. The van der Waals surface area contributed by atoms with E-state index < -0.39 is 5.97 Å². The Bertz CT molecular complexity index is 518. The molecule has 1 fully saturated rings. The molecule has 2 N–H and O–H groups in total. The van der Waals surface area contributed by atoms with Crippen molar-refractivity contribution in [1.82, 2.24) is 4.90 Å². The molecule has 0 saturated carbocycles. The highest BCUT2D eigenvalue weighted by molar-refractivity contribution is 5.93. The molecular formula is C14H18N2O4. The fourth-order valence-corrected chi connectivity index (χ4v) is 2.32. The van der Waals surface area contributed by atoms with Gasteiger partial charge in [-0.25, -0.2) is 9.59 Å². The molecule has 6 nitrogen and oxygen atoms in total. The molecule has 20 heavy (non-hydrogen) atoms. The van der Waals surface area contributed by atoms with E-state index in [1.807, 2.05) is 6.92 Å². The van der Waals surface area contributed by atoms with Gasteiger partial charge in [0, 0.05) is 19.3 Å². The Morgan fingerprint density at radius 1 is 1.45 bits per heavy atom. The average Bonchev–Trinajstić information content (AvgIpc) is 2.84. The number of ether oxygens (including phenoxy) is 1. The number of carbonyl (C=O) groups is 2. The Labute approximate surface area is 117 Å². The monoisotopic (exact) mass is 278 g/mol. The molecule has 0 radical (unpaired) electrons. The van der Waals surface area contributed by atoms with Crippen LogP contribution < -0.4 is 5.32 Å². The zero-order valence-electron chi connectivity index (χ0n) is 11.5. The van der Waals surface area contributed by atoms with Crippen LogP contribution in [0.15, 0.2) is 24.3 Å². The number of carbonyl (C=O) groups excluding carboxylic acids is 1. The van der Waals surface area contributed by atoms with E-state index in [4.69, 9.17) is 9.84 Å². The molecule has 1 saturated heterocycles. The van der Waals surface area contributed by atoms with Crippen LogP contribution in [0.3, 0.4) is 0 Å². The van der Waals surface area contributed by atoms with Gasteiger partial charge >= 0.3 is 12.0 Å². The van der Waals surface area contributed by atoms with Crippen LogP contribution in [0.5, 0.6) is 0 Å². The Morgan fingerprint density at radius 2 is 2.20 bits per heavy atom. The van der Waals surface area contributed by atoms with Gasteiger partial charge in [-0.05, 0) is 31.5 Å². The van der Waals surface area contributed by atoms with Crippen LogP contribution in [0.4, 0.5) is 10.5 Å². The molecule has 0 spiro atoms. The van der Waals surface area contributed by atoms with E-state index >= 15 is 0 Å². The lowest BCUT2D eigenvalue weighted by atomic mass is 10.1. The smallest absolute Gasteiger partial charge is 0.335 e. The number of nitrogens with zero attached hydrogens (tertiary/aromatic N) is 1. The number of rotatable bonds is 3. The van der Waals surface area contributed by atoms with Gasteiger partial charge in [0.1, 0.15) is 0 Å². The number of benzene rings is 1. The second-order valence-corrected chi connectivity index (χ2v) is 4.86. The van der Waals surface area contributed by atoms with Crippen LogP contribution in [-0.2, 0) is 4.74 Å².